The lowest BCUT2D eigenvalue weighted by molar-refractivity contribution is 0.0734. The first-order valence-corrected chi connectivity index (χ1v) is 9.49. The number of esters is 1. The summed E-state index contributed by atoms with van der Waals surface area (Å²) in [6, 6.07) is 18.8. The van der Waals surface area contributed by atoms with Crippen LogP contribution in [0, 0.1) is 0 Å². The Hall–Kier alpha value is -2.89. The molecular weight excluding hydrogens is 444 g/mol. The van der Waals surface area contributed by atoms with E-state index in [-0.39, 0.29) is 22.9 Å². The van der Waals surface area contributed by atoms with Crippen LogP contribution in [0.15, 0.2) is 77.0 Å². The van der Waals surface area contributed by atoms with Gasteiger partial charge in [0.1, 0.15) is 11.5 Å². The number of Topliss-reactive ketones (excluding diaryl/α,β-unsaturated/α-hetero) is 1. The fraction of sp³-hybridized carbons (Fsp3) is 0. The first-order chi connectivity index (χ1) is 13.5. The van der Waals surface area contributed by atoms with Gasteiger partial charge < -0.3 is 9.47 Å². The van der Waals surface area contributed by atoms with Crippen molar-refractivity contribution in [3.8, 4) is 11.5 Å². The molecule has 0 fully saturated rings. The molecule has 0 unspecified atom stereocenters. The second-order valence-corrected chi connectivity index (χ2v) is 7.25. The second-order valence-electron chi connectivity index (χ2n) is 5.99. The van der Waals surface area contributed by atoms with Crippen LogP contribution < -0.4 is 9.47 Å². The summed E-state index contributed by atoms with van der Waals surface area (Å²) in [6.45, 7) is 0. The molecule has 3 aromatic rings. The number of fused-ring (bicyclic) bond motifs is 1. The third-order valence-electron chi connectivity index (χ3n) is 4.14. The second kappa shape index (κ2) is 7.62. The van der Waals surface area contributed by atoms with E-state index in [4.69, 9.17) is 21.1 Å². The van der Waals surface area contributed by atoms with Crippen molar-refractivity contribution in [1.82, 2.24) is 0 Å². The van der Waals surface area contributed by atoms with Crippen molar-refractivity contribution in [3.63, 3.8) is 0 Å². The summed E-state index contributed by atoms with van der Waals surface area (Å²) in [7, 11) is 0. The zero-order valence-corrected chi connectivity index (χ0v) is 16.7. The maximum Gasteiger partial charge on any atom is 0.345 e. The Kier molecular flexibility index (Phi) is 5.03. The van der Waals surface area contributed by atoms with E-state index >= 15 is 0 Å². The van der Waals surface area contributed by atoms with Gasteiger partial charge >= 0.3 is 5.97 Å². The molecule has 28 heavy (non-hydrogen) atoms. The average molecular weight is 456 g/mol. The third kappa shape index (κ3) is 3.59. The lowest BCUT2D eigenvalue weighted by Crippen LogP contribution is -2.09. The van der Waals surface area contributed by atoms with Crippen molar-refractivity contribution in [2.24, 2.45) is 0 Å². The van der Waals surface area contributed by atoms with Gasteiger partial charge in [0, 0.05) is 10.5 Å². The largest absolute Gasteiger partial charge is 0.452 e. The molecule has 0 aliphatic carbocycles. The fourth-order valence-corrected chi connectivity index (χ4v) is 3.37. The SMILES string of the molecule is O=C(Oc1ccc2c(c1)O/C(=C\c1ccccc1Br)C2=O)c1ccccc1Cl. The van der Waals surface area contributed by atoms with E-state index in [2.05, 4.69) is 15.9 Å². The number of ketones is 1. The van der Waals surface area contributed by atoms with Gasteiger partial charge in [0.25, 0.3) is 0 Å². The molecule has 4 rings (SSSR count). The predicted octanol–water partition coefficient (Wildman–Crippen LogP) is 5.94. The highest BCUT2D eigenvalue weighted by Crippen LogP contribution is 2.35. The number of ether oxygens (including phenoxy) is 2. The van der Waals surface area contributed by atoms with Crippen LogP contribution in [0.1, 0.15) is 26.3 Å². The molecule has 138 valence electrons. The van der Waals surface area contributed by atoms with E-state index in [9.17, 15) is 9.59 Å². The summed E-state index contributed by atoms with van der Waals surface area (Å²) >= 11 is 9.47. The molecule has 0 radical (unpaired) electrons. The molecule has 6 heteroatoms. The van der Waals surface area contributed by atoms with Gasteiger partial charge in [-0.05, 0) is 42.0 Å². The Bertz CT molecular complexity index is 1140. The number of hydrogen-bond acceptors (Lipinski definition) is 4. The summed E-state index contributed by atoms with van der Waals surface area (Å²) < 4.78 is 11.9. The van der Waals surface area contributed by atoms with Crippen LogP contribution in [0.5, 0.6) is 11.5 Å². The maximum atomic E-state index is 12.6. The smallest absolute Gasteiger partial charge is 0.345 e. The summed E-state index contributed by atoms with van der Waals surface area (Å²) in [4.78, 5) is 24.9. The first-order valence-electron chi connectivity index (χ1n) is 8.32. The van der Waals surface area contributed by atoms with Crippen molar-refractivity contribution >= 4 is 45.4 Å². The number of carbonyl (C=O) groups excluding carboxylic acids is 2. The molecule has 0 saturated heterocycles. The van der Waals surface area contributed by atoms with Crippen LogP contribution in [-0.2, 0) is 0 Å². The number of hydrogen-bond donors (Lipinski definition) is 0. The van der Waals surface area contributed by atoms with Crippen LogP contribution in [0.3, 0.4) is 0 Å². The topological polar surface area (TPSA) is 52.6 Å². The van der Waals surface area contributed by atoms with Gasteiger partial charge in [0.2, 0.25) is 5.78 Å². The number of benzene rings is 3. The molecule has 0 atom stereocenters. The van der Waals surface area contributed by atoms with E-state index in [1.807, 2.05) is 24.3 Å². The first kappa shape index (κ1) is 18.5. The summed E-state index contributed by atoms with van der Waals surface area (Å²) in [5.41, 5.74) is 1.50. The highest BCUT2D eigenvalue weighted by Gasteiger charge is 2.28. The van der Waals surface area contributed by atoms with Gasteiger partial charge in [-0.3, -0.25) is 4.79 Å². The zero-order valence-electron chi connectivity index (χ0n) is 14.3. The molecule has 1 aliphatic rings. The molecule has 1 heterocycles. The number of allylic oxidation sites excluding steroid dienone is 1. The Labute approximate surface area is 174 Å². The van der Waals surface area contributed by atoms with E-state index in [0.717, 1.165) is 10.0 Å². The van der Waals surface area contributed by atoms with E-state index in [0.29, 0.717) is 16.3 Å². The lowest BCUT2D eigenvalue weighted by Gasteiger charge is -2.06. The van der Waals surface area contributed by atoms with Gasteiger partial charge in [-0.2, -0.15) is 0 Å². The Balaban J connectivity index is 1.58. The Morgan fingerprint density at radius 3 is 2.57 bits per heavy atom. The van der Waals surface area contributed by atoms with Crippen LogP contribution in [-0.4, -0.2) is 11.8 Å². The van der Waals surface area contributed by atoms with Crippen molar-refractivity contribution in [3.05, 3.63) is 98.7 Å². The molecule has 0 amide bonds. The van der Waals surface area contributed by atoms with Gasteiger partial charge in [-0.1, -0.05) is 57.9 Å². The van der Waals surface area contributed by atoms with Gasteiger partial charge in [-0.25, -0.2) is 4.79 Å². The summed E-state index contributed by atoms with van der Waals surface area (Å²) in [5.74, 6) is -0.00329. The highest BCUT2D eigenvalue weighted by atomic mass is 79.9. The Morgan fingerprint density at radius 2 is 1.79 bits per heavy atom. The fourth-order valence-electron chi connectivity index (χ4n) is 2.75. The molecule has 0 aromatic heterocycles. The average Bonchev–Trinajstić information content (AvgIpc) is 2.99. The molecule has 0 spiro atoms. The standard InChI is InChI=1S/C22H12BrClO4/c23-17-7-3-1-5-13(17)11-20-21(25)16-10-9-14(12-19(16)28-20)27-22(26)15-6-2-4-8-18(15)24/h1-12H/b20-11-. The van der Waals surface area contributed by atoms with Crippen molar-refractivity contribution in [2.45, 2.75) is 0 Å². The molecular formula is C22H12BrClO4. The zero-order chi connectivity index (χ0) is 19.7. The molecule has 0 saturated carbocycles. The van der Waals surface area contributed by atoms with Gasteiger partial charge in [-0.15, -0.1) is 0 Å². The molecule has 0 bridgehead atoms. The molecule has 0 N–H and O–H groups in total. The summed E-state index contributed by atoms with van der Waals surface area (Å²) in [6.07, 6.45) is 1.67. The predicted molar refractivity (Wildman–Crippen MR) is 110 cm³/mol. The minimum atomic E-state index is -0.584. The lowest BCUT2D eigenvalue weighted by atomic mass is 10.1. The van der Waals surface area contributed by atoms with Crippen molar-refractivity contribution < 1.29 is 19.1 Å². The molecule has 1 aliphatic heterocycles. The van der Waals surface area contributed by atoms with Crippen LogP contribution in [0.4, 0.5) is 0 Å². The molecule has 4 nitrogen and oxygen atoms in total. The minimum absolute atomic E-state index is 0.205. The van der Waals surface area contributed by atoms with E-state index in [1.54, 1.807) is 42.5 Å². The van der Waals surface area contributed by atoms with E-state index < -0.39 is 5.97 Å². The number of halogens is 2. The number of rotatable bonds is 3. The molecule has 3 aromatic carbocycles. The maximum absolute atomic E-state index is 12.6. The number of carbonyl (C=O) groups is 2. The highest BCUT2D eigenvalue weighted by molar-refractivity contribution is 9.10. The third-order valence-corrected chi connectivity index (χ3v) is 5.19. The van der Waals surface area contributed by atoms with Gasteiger partial charge in [0.05, 0.1) is 16.1 Å². The van der Waals surface area contributed by atoms with E-state index in [1.165, 1.54) is 6.07 Å². The summed E-state index contributed by atoms with van der Waals surface area (Å²) in [5, 5.41) is 0.304. The van der Waals surface area contributed by atoms with Gasteiger partial charge in [0.15, 0.2) is 5.76 Å². The van der Waals surface area contributed by atoms with Crippen molar-refractivity contribution in [1.29, 1.82) is 0 Å². The van der Waals surface area contributed by atoms with Crippen LogP contribution >= 0.6 is 27.5 Å². The van der Waals surface area contributed by atoms with Crippen molar-refractivity contribution in [2.75, 3.05) is 0 Å². The van der Waals surface area contributed by atoms with Crippen LogP contribution in [0.25, 0.3) is 6.08 Å². The quantitative estimate of drug-likeness (QED) is 0.279. The monoisotopic (exact) mass is 454 g/mol. The minimum Gasteiger partial charge on any atom is -0.452 e. The normalized spacial score (nSPS) is 13.9. The Morgan fingerprint density at radius 1 is 1.04 bits per heavy atom. The van der Waals surface area contributed by atoms with Crippen LogP contribution in [0.2, 0.25) is 5.02 Å².